The van der Waals surface area contributed by atoms with Gasteiger partial charge in [-0.25, -0.2) is 0 Å². The van der Waals surface area contributed by atoms with E-state index in [4.69, 9.17) is 14.2 Å². The SMILES string of the molecule is COc1ccc(N2CCN(CCNC(=O)c3ccc(OC)c(OC)c3)CC2)cc1. The molecular weight excluding hydrogens is 370 g/mol. The molecule has 156 valence electrons. The number of methoxy groups -OCH3 is 3. The summed E-state index contributed by atoms with van der Waals surface area (Å²) < 4.78 is 15.7. The molecule has 0 saturated carbocycles. The molecule has 1 saturated heterocycles. The first-order valence-corrected chi connectivity index (χ1v) is 9.76. The number of carbonyl (C=O) groups excluding carboxylic acids is 1. The molecule has 1 aliphatic heterocycles. The maximum absolute atomic E-state index is 12.4. The number of anilines is 1. The summed E-state index contributed by atoms with van der Waals surface area (Å²) in [6, 6.07) is 13.4. The van der Waals surface area contributed by atoms with Gasteiger partial charge in [-0.3, -0.25) is 9.69 Å². The van der Waals surface area contributed by atoms with E-state index in [9.17, 15) is 4.79 Å². The van der Waals surface area contributed by atoms with E-state index in [0.29, 0.717) is 23.6 Å². The third-order valence-electron chi connectivity index (χ3n) is 5.17. The Morgan fingerprint density at radius 2 is 1.59 bits per heavy atom. The summed E-state index contributed by atoms with van der Waals surface area (Å²) in [5.41, 5.74) is 1.78. The summed E-state index contributed by atoms with van der Waals surface area (Å²) in [6.45, 7) is 5.31. The Hall–Kier alpha value is -2.93. The van der Waals surface area contributed by atoms with Crippen molar-refractivity contribution in [2.45, 2.75) is 0 Å². The molecule has 1 fully saturated rings. The first-order valence-electron chi connectivity index (χ1n) is 9.76. The first-order chi connectivity index (χ1) is 14.1. The zero-order valence-corrected chi connectivity index (χ0v) is 17.3. The highest BCUT2D eigenvalue weighted by Crippen LogP contribution is 2.27. The van der Waals surface area contributed by atoms with E-state index < -0.39 is 0 Å². The average Bonchev–Trinajstić information content (AvgIpc) is 2.79. The fourth-order valence-electron chi connectivity index (χ4n) is 3.43. The Balaban J connectivity index is 1.43. The van der Waals surface area contributed by atoms with Crippen LogP contribution in [0, 0.1) is 0 Å². The Labute approximate surface area is 172 Å². The minimum atomic E-state index is -0.108. The molecule has 1 amide bonds. The lowest BCUT2D eigenvalue weighted by molar-refractivity contribution is 0.0947. The van der Waals surface area contributed by atoms with Crippen LogP contribution in [0.4, 0.5) is 5.69 Å². The molecular formula is C22H29N3O4. The zero-order valence-electron chi connectivity index (χ0n) is 17.3. The Kier molecular flexibility index (Phi) is 7.19. The van der Waals surface area contributed by atoms with Crippen LogP contribution in [0.2, 0.25) is 0 Å². The highest BCUT2D eigenvalue weighted by atomic mass is 16.5. The maximum Gasteiger partial charge on any atom is 0.251 e. The van der Waals surface area contributed by atoms with Crippen molar-refractivity contribution < 1.29 is 19.0 Å². The van der Waals surface area contributed by atoms with E-state index >= 15 is 0 Å². The van der Waals surface area contributed by atoms with E-state index in [1.165, 1.54) is 5.69 Å². The molecule has 2 aromatic rings. The van der Waals surface area contributed by atoms with Gasteiger partial charge in [-0.05, 0) is 42.5 Å². The largest absolute Gasteiger partial charge is 0.497 e. The topological polar surface area (TPSA) is 63.3 Å². The molecule has 0 spiro atoms. The fourth-order valence-corrected chi connectivity index (χ4v) is 3.43. The van der Waals surface area contributed by atoms with Gasteiger partial charge in [0, 0.05) is 50.5 Å². The smallest absolute Gasteiger partial charge is 0.251 e. The number of hydrogen-bond donors (Lipinski definition) is 1. The van der Waals surface area contributed by atoms with Crippen LogP contribution in [0.3, 0.4) is 0 Å². The molecule has 1 heterocycles. The van der Waals surface area contributed by atoms with E-state index in [-0.39, 0.29) is 5.91 Å². The Morgan fingerprint density at radius 1 is 0.897 bits per heavy atom. The minimum absolute atomic E-state index is 0.108. The van der Waals surface area contributed by atoms with Gasteiger partial charge in [0.2, 0.25) is 0 Å². The standard InChI is InChI=1S/C22H29N3O4/c1-27-19-7-5-18(6-8-19)25-14-12-24(13-15-25)11-10-23-22(26)17-4-9-20(28-2)21(16-17)29-3/h4-9,16H,10-15H2,1-3H3,(H,23,26). The van der Waals surface area contributed by atoms with Crippen molar-refractivity contribution in [3.63, 3.8) is 0 Å². The van der Waals surface area contributed by atoms with Crippen LogP contribution >= 0.6 is 0 Å². The molecule has 0 radical (unpaired) electrons. The number of nitrogens with one attached hydrogen (secondary N) is 1. The van der Waals surface area contributed by atoms with Gasteiger partial charge >= 0.3 is 0 Å². The number of nitrogens with zero attached hydrogens (tertiary/aromatic N) is 2. The summed E-state index contributed by atoms with van der Waals surface area (Å²) in [7, 11) is 4.81. The van der Waals surface area contributed by atoms with Crippen LogP contribution in [-0.2, 0) is 0 Å². The monoisotopic (exact) mass is 399 g/mol. The van der Waals surface area contributed by atoms with Gasteiger partial charge in [0.15, 0.2) is 11.5 Å². The van der Waals surface area contributed by atoms with Crippen molar-refractivity contribution >= 4 is 11.6 Å². The Bertz CT molecular complexity index is 802. The molecule has 0 atom stereocenters. The second-order valence-electron chi connectivity index (χ2n) is 6.85. The molecule has 0 unspecified atom stereocenters. The minimum Gasteiger partial charge on any atom is -0.497 e. The van der Waals surface area contributed by atoms with Crippen molar-refractivity contribution in [3.05, 3.63) is 48.0 Å². The molecule has 3 rings (SSSR count). The summed E-state index contributed by atoms with van der Waals surface area (Å²) in [4.78, 5) is 17.1. The predicted octanol–water partition coefficient (Wildman–Crippen LogP) is 2.26. The maximum atomic E-state index is 12.4. The van der Waals surface area contributed by atoms with Gasteiger partial charge in [-0.1, -0.05) is 0 Å². The van der Waals surface area contributed by atoms with Crippen LogP contribution < -0.4 is 24.4 Å². The van der Waals surface area contributed by atoms with E-state index in [0.717, 1.165) is 38.5 Å². The number of piperazine rings is 1. The third kappa shape index (κ3) is 5.32. The van der Waals surface area contributed by atoms with Gasteiger partial charge in [0.05, 0.1) is 21.3 Å². The molecule has 0 aromatic heterocycles. The molecule has 0 aliphatic carbocycles. The second-order valence-corrected chi connectivity index (χ2v) is 6.85. The summed E-state index contributed by atoms with van der Waals surface area (Å²) in [5.74, 6) is 1.93. The lowest BCUT2D eigenvalue weighted by Gasteiger charge is -2.36. The molecule has 7 heteroatoms. The second kappa shape index (κ2) is 10.0. The highest BCUT2D eigenvalue weighted by Gasteiger charge is 2.17. The van der Waals surface area contributed by atoms with Crippen LogP contribution in [0.1, 0.15) is 10.4 Å². The van der Waals surface area contributed by atoms with Crippen LogP contribution in [-0.4, -0.2) is 71.4 Å². The van der Waals surface area contributed by atoms with Gasteiger partial charge < -0.3 is 24.4 Å². The lowest BCUT2D eigenvalue weighted by Crippen LogP contribution is -2.48. The van der Waals surface area contributed by atoms with Crippen molar-refractivity contribution in [3.8, 4) is 17.2 Å². The van der Waals surface area contributed by atoms with E-state index in [2.05, 4.69) is 27.2 Å². The Morgan fingerprint density at radius 3 is 2.21 bits per heavy atom. The summed E-state index contributed by atoms with van der Waals surface area (Å²) >= 11 is 0. The summed E-state index contributed by atoms with van der Waals surface area (Å²) in [5, 5.41) is 2.99. The molecule has 1 N–H and O–H groups in total. The van der Waals surface area contributed by atoms with Crippen molar-refractivity contribution in [1.82, 2.24) is 10.2 Å². The fraction of sp³-hybridized carbons (Fsp3) is 0.409. The summed E-state index contributed by atoms with van der Waals surface area (Å²) in [6.07, 6.45) is 0. The van der Waals surface area contributed by atoms with Gasteiger partial charge in [-0.2, -0.15) is 0 Å². The third-order valence-corrected chi connectivity index (χ3v) is 5.17. The predicted molar refractivity (Wildman–Crippen MR) is 114 cm³/mol. The molecule has 7 nitrogen and oxygen atoms in total. The van der Waals surface area contributed by atoms with Crippen LogP contribution in [0.5, 0.6) is 17.2 Å². The average molecular weight is 399 g/mol. The quantitative estimate of drug-likeness (QED) is 0.735. The number of rotatable bonds is 8. The molecule has 2 aromatic carbocycles. The lowest BCUT2D eigenvalue weighted by atomic mass is 10.2. The van der Waals surface area contributed by atoms with Crippen molar-refractivity contribution in [2.24, 2.45) is 0 Å². The number of ether oxygens (including phenoxy) is 3. The van der Waals surface area contributed by atoms with Crippen LogP contribution in [0.15, 0.2) is 42.5 Å². The van der Waals surface area contributed by atoms with Crippen LogP contribution in [0.25, 0.3) is 0 Å². The normalized spacial score (nSPS) is 14.4. The molecule has 1 aliphatic rings. The van der Waals surface area contributed by atoms with E-state index in [1.54, 1.807) is 39.5 Å². The van der Waals surface area contributed by atoms with Gasteiger partial charge in [-0.15, -0.1) is 0 Å². The number of hydrogen-bond acceptors (Lipinski definition) is 6. The van der Waals surface area contributed by atoms with Crippen molar-refractivity contribution in [1.29, 1.82) is 0 Å². The first kappa shape index (κ1) is 20.8. The number of carbonyl (C=O) groups is 1. The molecule has 29 heavy (non-hydrogen) atoms. The number of amides is 1. The van der Waals surface area contributed by atoms with Gasteiger partial charge in [0.25, 0.3) is 5.91 Å². The van der Waals surface area contributed by atoms with E-state index in [1.807, 2.05) is 12.1 Å². The molecule has 0 bridgehead atoms. The van der Waals surface area contributed by atoms with Gasteiger partial charge in [0.1, 0.15) is 5.75 Å². The number of benzene rings is 2. The zero-order chi connectivity index (χ0) is 20.6. The highest BCUT2D eigenvalue weighted by molar-refractivity contribution is 5.94. The van der Waals surface area contributed by atoms with Crippen molar-refractivity contribution in [2.75, 3.05) is 65.5 Å².